The number of hydrogen-bond acceptors (Lipinski definition) is 3. The number of amides is 1. The normalized spacial score (nSPS) is 15.3. The summed E-state index contributed by atoms with van der Waals surface area (Å²) in [5.74, 6) is 1.11. The van der Waals surface area contributed by atoms with E-state index in [2.05, 4.69) is 52.1 Å². The fraction of sp³-hybridized carbons (Fsp3) is 0.391. The van der Waals surface area contributed by atoms with Crippen molar-refractivity contribution < 1.29 is 4.79 Å². The van der Waals surface area contributed by atoms with Crippen LogP contribution in [0.25, 0.3) is 0 Å². The lowest BCUT2D eigenvalue weighted by Gasteiger charge is -2.24. The number of carbonyl (C=O) groups excluding carboxylic acids is 1. The predicted octanol–water partition coefficient (Wildman–Crippen LogP) is 4.27. The largest absolute Gasteiger partial charge is 0.355 e. The number of benzene rings is 2. The first kappa shape index (κ1) is 21.2. The van der Waals surface area contributed by atoms with Crippen LogP contribution in [0.4, 0.5) is 5.69 Å². The van der Waals surface area contributed by atoms with Gasteiger partial charge >= 0.3 is 0 Å². The Labute approximate surface area is 177 Å². The fourth-order valence-electron chi connectivity index (χ4n) is 3.09. The number of nitrogens with zero attached hydrogens (tertiary/aromatic N) is 1. The van der Waals surface area contributed by atoms with Crippen LogP contribution in [0.1, 0.15) is 31.7 Å². The molecule has 0 radical (unpaired) electrons. The average Bonchev–Trinajstić information content (AvgIpc) is 2.68. The Morgan fingerprint density at radius 2 is 1.93 bits per heavy atom. The van der Waals surface area contributed by atoms with Crippen molar-refractivity contribution in [3.63, 3.8) is 0 Å². The molecule has 1 unspecified atom stereocenters. The number of nitrogens with one attached hydrogen (secondary N) is 3. The number of guanidine groups is 1. The maximum atomic E-state index is 12.1. The summed E-state index contributed by atoms with van der Waals surface area (Å²) in [6, 6.07) is 18.4. The van der Waals surface area contributed by atoms with Crippen molar-refractivity contribution in [1.82, 2.24) is 10.6 Å². The average molecular weight is 411 g/mol. The molecule has 1 saturated carbocycles. The van der Waals surface area contributed by atoms with Crippen LogP contribution in [-0.2, 0) is 11.3 Å². The van der Waals surface area contributed by atoms with Crippen molar-refractivity contribution in [3.8, 4) is 0 Å². The van der Waals surface area contributed by atoms with Gasteiger partial charge in [0.15, 0.2) is 5.96 Å². The number of aliphatic imine (C=N–C) groups is 1. The highest BCUT2D eigenvalue weighted by Gasteiger charge is 2.25. The smallest absolute Gasteiger partial charge is 0.227 e. The summed E-state index contributed by atoms with van der Waals surface area (Å²) in [5, 5.41) is 10.2. The van der Waals surface area contributed by atoms with Crippen LogP contribution in [0.3, 0.4) is 0 Å². The van der Waals surface area contributed by atoms with Gasteiger partial charge < -0.3 is 16.0 Å². The third-order valence-electron chi connectivity index (χ3n) is 4.99. The van der Waals surface area contributed by atoms with Crippen LogP contribution in [0.2, 0.25) is 0 Å². The van der Waals surface area contributed by atoms with Gasteiger partial charge in [-0.25, -0.2) is 0 Å². The molecule has 3 N–H and O–H groups in total. The van der Waals surface area contributed by atoms with Crippen molar-refractivity contribution in [2.45, 2.75) is 42.9 Å². The van der Waals surface area contributed by atoms with E-state index in [1.54, 1.807) is 7.05 Å². The summed E-state index contributed by atoms with van der Waals surface area (Å²) in [4.78, 5) is 17.7. The van der Waals surface area contributed by atoms with Gasteiger partial charge in [-0.3, -0.25) is 9.79 Å². The van der Waals surface area contributed by atoms with Crippen molar-refractivity contribution in [1.29, 1.82) is 0 Å². The van der Waals surface area contributed by atoms with Gasteiger partial charge in [-0.05, 0) is 42.7 Å². The molecule has 0 spiro atoms. The van der Waals surface area contributed by atoms with Gasteiger partial charge in [0.05, 0.1) is 0 Å². The first-order chi connectivity index (χ1) is 14.1. The van der Waals surface area contributed by atoms with Gasteiger partial charge in [0.1, 0.15) is 0 Å². The summed E-state index contributed by atoms with van der Waals surface area (Å²) >= 11 is 1.84. The van der Waals surface area contributed by atoms with Gasteiger partial charge in [-0.15, -0.1) is 11.8 Å². The molecule has 0 heterocycles. The van der Waals surface area contributed by atoms with Crippen LogP contribution in [-0.4, -0.2) is 30.7 Å². The van der Waals surface area contributed by atoms with E-state index in [4.69, 9.17) is 0 Å². The predicted molar refractivity (Wildman–Crippen MR) is 122 cm³/mol. The first-order valence-electron chi connectivity index (χ1n) is 10.2. The Hall–Kier alpha value is -2.47. The van der Waals surface area contributed by atoms with E-state index < -0.39 is 0 Å². The molecule has 1 aliphatic rings. The van der Waals surface area contributed by atoms with Gasteiger partial charge in [-0.1, -0.05) is 43.7 Å². The Bertz CT molecular complexity index is 821. The lowest BCUT2D eigenvalue weighted by atomic mass is 9.85. The van der Waals surface area contributed by atoms with E-state index in [0.29, 0.717) is 11.8 Å². The maximum absolute atomic E-state index is 12.1. The van der Waals surface area contributed by atoms with Gasteiger partial charge in [-0.2, -0.15) is 0 Å². The molecule has 3 rings (SSSR count). The van der Waals surface area contributed by atoms with Crippen molar-refractivity contribution in [2.75, 3.05) is 18.9 Å². The van der Waals surface area contributed by atoms with Crippen LogP contribution >= 0.6 is 11.8 Å². The number of hydrogen-bond donors (Lipinski definition) is 3. The second kappa shape index (κ2) is 10.9. The molecular formula is C23H30N4OS. The van der Waals surface area contributed by atoms with Crippen molar-refractivity contribution in [2.24, 2.45) is 10.9 Å². The quantitative estimate of drug-likeness (QED) is 0.345. The molecule has 1 atom stereocenters. The minimum atomic E-state index is 0.142. The number of anilines is 1. The van der Waals surface area contributed by atoms with E-state index in [9.17, 15) is 4.79 Å². The minimum absolute atomic E-state index is 0.142. The summed E-state index contributed by atoms with van der Waals surface area (Å²) in [7, 11) is 1.78. The van der Waals surface area contributed by atoms with E-state index in [1.807, 2.05) is 42.1 Å². The third-order valence-corrected chi connectivity index (χ3v) is 6.10. The summed E-state index contributed by atoms with van der Waals surface area (Å²) in [6.07, 6.45) is 3.18. The maximum Gasteiger partial charge on any atom is 0.227 e. The number of rotatable bonds is 8. The number of carbonyl (C=O) groups is 1. The van der Waals surface area contributed by atoms with E-state index in [1.165, 1.54) is 4.90 Å². The zero-order chi connectivity index (χ0) is 20.5. The van der Waals surface area contributed by atoms with Gasteiger partial charge in [0.2, 0.25) is 5.91 Å². The molecule has 0 saturated heterocycles. The molecule has 1 fully saturated rings. The topological polar surface area (TPSA) is 65.5 Å². The molecule has 6 heteroatoms. The molecule has 2 aromatic rings. The van der Waals surface area contributed by atoms with E-state index in [0.717, 1.165) is 43.0 Å². The molecular weight excluding hydrogens is 380 g/mol. The molecule has 1 aliphatic carbocycles. The van der Waals surface area contributed by atoms with Gasteiger partial charge in [0.25, 0.3) is 0 Å². The highest BCUT2D eigenvalue weighted by Crippen LogP contribution is 2.27. The monoisotopic (exact) mass is 410 g/mol. The summed E-state index contributed by atoms with van der Waals surface area (Å²) in [5.41, 5.74) is 1.96. The third kappa shape index (κ3) is 6.82. The second-order valence-electron chi connectivity index (χ2n) is 7.37. The number of thioether (sulfide) groups is 1. The summed E-state index contributed by atoms with van der Waals surface area (Å²) in [6.45, 7) is 3.66. The Morgan fingerprint density at radius 3 is 2.62 bits per heavy atom. The zero-order valence-corrected chi connectivity index (χ0v) is 18.0. The van der Waals surface area contributed by atoms with Crippen LogP contribution in [0.5, 0.6) is 0 Å². The molecule has 0 aromatic heterocycles. The Kier molecular flexibility index (Phi) is 7.99. The first-order valence-corrected chi connectivity index (χ1v) is 11.1. The van der Waals surface area contributed by atoms with Gasteiger partial charge in [0, 0.05) is 41.9 Å². The van der Waals surface area contributed by atoms with E-state index >= 15 is 0 Å². The zero-order valence-electron chi connectivity index (χ0n) is 17.2. The SMILES string of the molecule is CN=C(NCc1cccc(NC(=O)C2CCC2)c1)NCC(C)Sc1ccccc1. The van der Waals surface area contributed by atoms with Crippen molar-refractivity contribution >= 4 is 29.3 Å². The van der Waals surface area contributed by atoms with Crippen LogP contribution in [0.15, 0.2) is 64.5 Å². The van der Waals surface area contributed by atoms with Crippen molar-refractivity contribution in [3.05, 3.63) is 60.2 Å². The van der Waals surface area contributed by atoms with Crippen LogP contribution < -0.4 is 16.0 Å². The Balaban J connectivity index is 1.44. The Morgan fingerprint density at radius 1 is 1.14 bits per heavy atom. The minimum Gasteiger partial charge on any atom is -0.355 e. The highest BCUT2D eigenvalue weighted by atomic mass is 32.2. The molecule has 1 amide bonds. The highest BCUT2D eigenvalue weighted by molar-refractivity contribution is 8.00. The molecule has 5 nitrogen and oxygen atoms in total. The standard InChI is InChI=1S/C23H30N4OS/c1-17(29-21-12-4-3-5-13-21)15-25-23(24-2)26-16-18-8-6-11-20(14-18)27-22(28)19-9-7-10-19/h3-6,8,11-14,17,19H,7,9-10,15-16H2,1-2H3,(H,27,28)(H2,24,25,26). The molecule has 29 heavy (non-hydrogen) atoms. The fourth-order valence-corrected chi connectivity index (χ4v) is 4.04. The molecule has 0 bridgehead atoms. The van der Waals surface area contributed by atoms with Crippen LogP contribution in [0, 0.1) is 5.92 Å². The lowest BCUT2D eigenvalue weighted by Crippen LogP contribution is -2.39. The summed E-state index contributed by atoms with van der Waals surface area (Å²) < 4.78 is 0. The second-order valence-corrected chi connectivity index (χ2v) is 8.88. The van der Waals surface area contributed by atoms with E-state index in [-0.39, 0.29) is 11.8 Å². The molecule has 154 valence electrons. The molecule has 0 aliphatic heterocycles. The molecule has 2 aromatic carbocycles. The lowest BCUT2D eigenvalue weighted by molar-refractivity contribution is -0.122.